The quantitative estimate of drug-likeness (QED) is 0.137. The Bertz CT molecular complexity index is 2000. The molecule has 0 spiro atoms. The zero-order valence-electron chi connectivity index (χ0n) is 31.7. The summed E-state index contributed by atoms with van der Waals surface area (Å²) in [6, 6.07) is 80.5. The monoisotopic (exact) mass is 734 g/mol. The van der Waals surface area contributed by atoms with Crippen LogP contribution in [0.15, 0.2) is 218 Å². The van der Waals surface area contributed by atoms with Crippen LogP contribution in [0.3, 0.4) is 0 Å². The second-order valence-corrected chi connectivity index (χ2v) is 20.8. The van der Waals surface area contributed by atoms with Gasteiger partial charge in [-0.15, -0.1) is 0 Å². The minimum atomic E-state index is -1.98. The molecule has 0 unspecified atom stereocenters. The standard InChI is InChI=1S/C28H28P.C24H20P/c1-21-5-13-25(14-6-21)29(26-15-7-22(2)8-16-26,27-17-9-23(3)10-18-27)28-19-11-24(4)12-20-28;1-5-13-21(14-6-1)25(22-15-7-2-8-16-22,23-17-9-3-10-18-23)24-19-11-4-12-20-24/h5-20H,1-4H3;1-20H/q2*+1. The van der Waals surface area contributed by atoms with Crippen molar-refractivity contribution < 1.29 is 0 Å². The topological polar surface area (TPSA) is 0 Å². The zero-order chi connectivity index (χ0) is 37.4. The molecule has 0 N–H and O–H groups in total. The summed E-state index contributed by atoms with van der Waals surface area (Å²) < 4.78 is 0. The van der Waals surface area contributed by atoms with E-state index in [1.807, 2.05) is 0 Å². The lowest BCUT2D eigenvalue weighted by molar-refractivity contribution is 1.47. The van der Waals surface area contributed by atoms with Gasteiger partial charge < -0.3 is 0 Å². The Kier molecular flexibility index (Phi) is 11.5. The molecule has 0 saturated carbocycles. The van der Waals surface area contributed by atoms with Gasteiger partial charge in [0.15, 0.2) is 0 Å². The normalized spacial score (nSPS) is 11.3. The van der Waals surface area contributed by atoms with E-state index in [1.54, 1.807) is 0 Å². The maximum Gasteiger partial charge on any atom is 0.144 e. The largest absolute Gasteiger partial charge is 0.144 e. The molecule has 0 amide bonds. The van der Waals surface area contributed by atoms with E-state index in [4.69, 9.17) is 0 Å². The van der Waals surface area contributed by atoms with Crippen molar-refractivity contribution in [3.05, 3.63) is 241 Å². The van der Waals surface area contributed by atoms with Crippen LogP contribution < -0.4 is 42.4 Å². The molecule has 0 aliphatic heterocycles. The molecule has 0 fully saturated rings. The molecule has 8 rings (SSSR count). The first-order valence-corrected chi connectivity index (χ1v) is 22.3. The van der Waals surface area contributed by atoms with Crippen molar-refractivity contribution in [2.75, 3.05) is 0 Å². The van der Waals surface area contributed by atoms with Crippen LogP contribution in [0.25, 0.3) is 0 Å². The molecule has 0 aliphatic carbocycles. The lowest BCUT2D eigenvalue weighted by Crippen LogP contribution is -2.38. The van der Waals surface area contributed by atoms with Crippen molar-refractivity contribution in [3.63, 3.8) is 0 Å². The number of benzene rings is 8. The second kappa shape index (κ2) is 16.7. The predicted molar refractivity (Wildman–Crippen MR) is 241 cm³/mol. The molecular weight excluding hydrogens is 687 g/mol. The van der Waals surface area contributed by atoms with Gasteiger partial charge in [-0.3, -0.25) is 0 Å². The Morgan fingerprint density at radius 1 is 0.185 bits per heavy atom. The SMILES string of the molecule is Cc1ccc([P+](c2ccc(C)cc2)(c2ccc(C)cc2)c2ccc(C)cc2)cc1.c1ccc([P+](c2ccccc2)(c2ccccc2)c2ccccc2)cc1. The van der Waals surface area contributed by atoms with Gasteiger partial charge >= 0.3 is 0 Å². The summed E-state index contributed by atoms with van der Waals surface area (Å²) in [5, 5.41) is 11.2. The van der Waals surface area contributed by atoms with Crippen LogP contribution in [0.1, 0.15) is 22.3 Å². The second-order valence-electron chi connectivity index (χ2n) is 14.0. The van der Waals surface area contributed by atoms with E-state index < -0.39 is 14.5 Å². The lowest BCUT2D eigenvalue weighted by Gasteiger charge is -2.28. The van der Waals surface area contributed by atoms with Crippen molar-refractivity contribution >= 4 is 57.0 Å². The first-order valence-electron chi connectivity index (χ1n) is 18.7. The van der Waals surface area contributed by atoms with Crippen LogP contribution in [0, 0.1) is 27.7 Å². The molecule has 0 saturated heterocycles. The molecule has 0 nitrogen and oxygen atoms in total. The summed E-state index contributed by atoms with van der Waals surface area (Å²) in [6.07, 6.45) is 0. The van der Waals surface area contributed by atoms with E-state index in [2.05, 4.69) is 246 Å². The van der Waals surface area contributed by atoms with Gasteiger partial charge in [-0.05, 0) is 125 Å². The lowest BCUT2D eigenvalue weighted by atomic mass is 10.2. The summed E-state index contributed by atoms with van der Waals surface area (Å²) in [6.45, 7) is 8.64. The fourth-order valence-electron chi connectivity index (χ4n) is 7.47. The van der Waals surface area contributed by atoms with Crippen LogP contribution in [-0.4, -0.2) is 0 Å². The summed E-state index contributed by atoms with van der Waals surface area (Å²) in [7, 11) is -3.89. The van der Waals surface area contributed by atoms with Gasteiger partial charge in [-0.25, -0.2) is 0 Å². The van der Waals surface area contributed by atoms with Crippen LogP contribution in [0.4, 0.5) is 0 Å². The van der Waals surface area contributed by atoms with Gasteiger partial charge in [0.2, 0.25) is 0 Å². The van der Waals surface area contributed by atoms with E-state index in [0.29, 0.717) is 0 Å². The smallest absolute Gasteiger partial charge is 0.0620 e. The molecule has 0 heterocycles. The van der Waals surface area contributed by atoms with Crippen molar-refractivity contribution in [1.29, 1.82) is 0 Å². The van der Waals surface area contributed by atoms with E-state index >= 15 is 0 Å². The fraction of sp³-hybridized carbons (Fsp3) is 0.0769. The molecule has 0 bridgehead atoms. The van der Waals surface area contributed by atoms with E-state index in [0.717, 1.165) is 0 Å². The minimum Gasteiger partial charge on any atom is -0.0620 e. The molecule has 8 aromatic rings. The molecule has 0 atom stereocenters. The molecular formula is C52H48P2+2. The first kappa shape index (κ1) is 37.0. The van der Waals surface area contributed by atoms with Crippen molar-refractivity contribution in [2.45, 2.75) is 27.7 Å². The third kappa shape index (κ3) is 7.39. The minimum absolute atomic E-state index is 1.29. The molecule has 0 aliphatic rings. The van der Waals surface area contributed by atoms with Crippen LogP contribution >= 0.6 is 14.5 Å². The van der Waals surface area contributed by atoms with Gasteiger partial charge in [0.1, 0.15) is 57.0 Å². The van der Waals surface area contributed by atoms with E-state index in [9.17, 15) is 0 Å². The van der Waals surface area contributed by atoms with Crippen LogP contribution in [0.2, 0.25) is 0 Å². The highest BCUT2D eigenvalue weighted by Crippen LogP contribution is 2.55. The number of rotatable bonds is 8. The van der Waals surface area contributed by atoms with E-state index in [1.165, 1.54) is 64.7 Å². The molecule has 8 aromatic carbocycles. The third-order valence-corrected chi connectivity index (χ3v) is 18.8. The number of hydrogen-bond donors (Lipinski definition) is 0. The summed E-state index contributed by atoms with van der Waals surface area (Å²) in [5.41, 5.74) is 5.18. The highest BCUT2D eigenvalue weighted by molar-refractivity contribution is 8.02. The maximum atomic E-state index is 2.34. The van der Waals surface area contributed by atoms with Crippen LogP contribution in [-0.2, 0) is 0 Å². The van der Waals surface area contributed by atoms with Gasteiger partial charge in [-0.2, -0.15) is 0 Å². The first-order chi connectivity index (χ1) is 26.4. The molecule has 0 aromatic heterocycles. The Labute approximate surface area is 323 Å². The third-order valence-electron chi connectivity index (χ3n) is 10.3. The van der Waals surface area contributed by atoms with Gasteiger partial charge in [0.05, 0.1) is 0 Å². The van der Waals surface area contributed by atoms with Gasteiger partial charge in [-0.1, -0.05) is 144 Å². The molecule has 2 heteroatoms. The van der Waals surface area contributed by atoms with Crippen LogP contribution in [0.5, 0.6) is 0 Å². The Balaban J connectivity index is 0.000000168. The maximum absolute atomic E-state index is 2.34. The molecule has 0 radical (unpaired) electrons. The Morgan fingerprint density at radius 3 is 0.500 bits per heavy atom. The zero-order valence-corrected chi connectivity index (χ0v) is 33.5. The number of aryl methyl sites for hydroxylation is 4. The number of hydrogen-bond acceptors (Lipinski definition) is 0. The predicted octanol–water partition coefficient (Wildman–Crippen LogP) is 9.85. The Hall–Kier alpha value is -5.38. The van der Waals surface area contributed by atoms with Crippen molar-refractivity contribution in [2.24, 2.45) is 0 Å². The summed E-state index contributed by atoms with van der Waals surface area (Å²) >= 11 is 0. The average Bonchev–Trinajstić information content (AvgIpc) is 3.23. The fourth-order valence-corrected chi connectivity index (χ4v) is 15.9. The van der Waals surface area contributed by atoms with Crippen molar-refractivity contribution in [3.8, 4) is 0 Å². The van der Waals surface area contributed by atoms with Gasteiger partial charge in [0.25, 0.3) is 0 Å². The molecule has 264 valence electrons. The Morgan fingerprint density at radius 2 is 0.333 bits per heavy atom. The highest BCUT2D eigenvalue weighted by atomic mass is 31.2. The summed E-state index contributed by atoms with van der Waals surface area (Å²) in [4.78, 5) is 0. The average molecular weight is 735 g/mol. The summed E-state index contributed by atoms with van der Waals surface area (Å²) in [5.74, 6) is 0. The van der Waals surface area contributed by atoms with Gasteiger partial charge in [0, 0.05) is 0 Å². The van der Waals surface area contributed by atoms with E-state index in [-0.39, 0.29) is 0 Å². The highest BCUT2D eigenvalue weighted by Gasteiger charge is 2.48. The molecule has 54 heavy (non-hydrogen) atoms. The van der Waals surface area contributed by atoms with Crippen molar-refractivity contribution in [1.82, 2.24) is 0 Å².